The number of hydrogen-bond acceptors (Lipinski definition) is 3. The lowest BCUT2D eigenvalue weighted by atomic mass is 9.75. The second kappa shape index (κ2) is 5.95. The van der Waals surface area contributed by atoms with Gasteiger partial charge in [0.1, 0.15) is 5.69 Å². The molecule has 0 spiro atoms. The van der Waals surface area contributed by atoms with Crippen LogP contribution < -0.4 is 0 Å². The monoisotopic (exact) mass is 350 g/mol. The van der Waals surface area contributed by atoms with Crippen molar-refractivity contribution in [2.45, 2.75) is 44.7 Å². The Bertz CT molecular complexity index is 819. The quantitative estimate of drug-likeness (QED) is 0.906. The van der Waals surface area contributed by atoms with Crippen LogP contribution in [0, 0.1) is 19.8 Å². The van der Waals surface area contributed by atoms with Gasteiger partial charge in [-0.15, -0.1) is 0 Å². The van der Waals surface area contributed by atoms with Crippen molar-refractivity contribution in [2.24, 2.45) is 5.92 Å². The van der Waals surface area contributed by atoms with Gasteiger partial charge in [-0.1, -0.05) is 29.8 Å². The fourth-order valence-electron chi connectivity index (χ4n) is 5.47. The number of piperidine rings is 3. The average Bonchev–Trinajstić information content (AvgIpc) is 3.28. The summed E-state index contributed by atoms with van der Waals surface area (Å²) in [6, 6.07) is 9.69. The minimum atomic E-state index is 0.0992. The van der Waals surface area contributed by atoms with Crippen LogP contribution in [-0.4, -0.2) is 57.4 Å². The Labute approximate surface area is 154 Å². The van der Waals surface area contributed by atoms with Gasteiger partial charge in [-0.2, -0.15) is 0 Å². The first kappa shape index (κ1) is 16.1. The number of rotatable bonds is 2. The highest BCUT2D eigenvalue weighted by Gasteiger charge is 2.54. The van der Waals surface area contributed by atoms with Gasteiger partial charge in [0.15, 0.2) is 0 Å². The summed E-state index contributed by atoms with van der Waals surface area (Å²) in [4.78, 5) is 25.5. The number of likely N-dealkylation sites (tertiary alicyclic amines) is 1. The highest BCUT2D eigenvalue weighted by Crippen LogP contribution is 2.46. The number of H-pyrrole nitrogens is 1. The normalized spacial score (nSPS) is 32.7. The van der Waals surface area contributed by atoms with Gasteiger partial charge < -0.3 is 9.88 Å². The van der Waals surface area contributed by atoms with Gasteiger partial charge in [0, 0.05) is 24.2 Å². The van der Waals surface area contributed by atoms with Crippen molar-refractivity contribution in [3.8, 4) is 0 Å². The second-order valence-corrected chi connectivity index (χ2v) is 8.21. The molecule has 136 valence electrons. The maximum absolute atomic E-state index is 13.3. The third-order valence-corrected chi connectivity index (χ3v) is 6.79. The zero-order valence-corrected chi connectivity index (χ0v) is 15.5. The number of hydrogen-bond donors (Lipinski definition) is 1. The van der Waals surface area contributed by atoms with E-state index in [4.69, 9.17) is 0 Å². The molecule has 3 atom stereocenters. The van der Waals surface area contributed by atoms with Gasteiger partial charge in [-0.3, -0.25) is 9.69 Å². The van der Waals surface area contributed by atoms with E-state index in [0.717, 1.165) is 12.2 Å². The Kier molecular flexibility index (Phi) is 3.67. The van der Waals surface area contributed by atoms with Crippen molar-refractivity contribution < 1.29 is 4.79 Å². The molecule has 26 heavy (non-hydrogen) atoms. The topological polar surface area (TPSA) is 52.2 Å². The van der Waals surface area contributed by atoms with Crippen LogP contribution in [0.4, 0.5) is 0 Å². The molecule has 5 heteroatoms. The molecule has 0 aliphatic carbocycles. The number of amides is 1. The van der Waals surface area contributed by atoms with Crippen molar-refractivity contribution in [2.75, 3.05) is 19.6 Å². The van der Waals surface area contributed by atoms with E-state index in [1.807, 2.05) is 6.92 Å². The molecule has 2 bridgehead atoms. The molecule has 5 nitrogen and oxygen atoms in total. The van der Waals surface area contributed by atoms with Crippen molar-refractivity contribution in [3.05, 3.63) is 53.1 Å². The van der Waals surface area contributed by atoms with Gasteiger partial charge in [-0.25, -0.2) is 4.98 Å². The van der Waals surface area contributed by atoms with Gasteiger partial charge in [0.2, 0.25) is 0 Å². The predicted molar refractivity (Wildman–Crippen MR) is 100 cm³/mol. The molecule has 4 aliphatic heterocycles. The molecule has 0 saturated carbocycles. The van der Waals surface area contributed by atoms with Crippen molar-refractivity contribution >= 4 is 5.91 Å². The van der Waals surface area contributed by atoms with Crippen LogP contribution in [0.15, 0.2) is 30.6 Å². The van der Waals surface area contributed by atoms with Crippen LogP contribution >= 0.6 is 0 Å². The Morgan fingerprint density at radius 2 is 1.85 bits per heavy atom. The van der Waals surface area contributed by atoms with E-state index in [0.29, 0.717) is 29.6 Å². The highest BCUT2D eigenvalue weighted by molar-refractivity contribution is 5.94. The number of aromatic nitrogens is 2. The van der Waals surface area contributed by atoms with Crippen LogP contribution in [0.1, 0.15) is 46.1 Å². The average molecular weight is 350 g/mol. The molecule has 4 fully saturated rings. The van der Waals surface area contributed by atoms with Crippen LogP contribution in [-0.2, 0) is 0 Å². The fraction of sp³-hybridized carbons (Fsp3) is 0.524. The van der Waals surface area contributed by atoms with E-state index < -0.39 is 0 Å². The molecular formula is C21H26N4O. The Morgan fingerprint density at radius 1 is 1.12 bits per heavy atom. The zero-order chi connectivity index (χ0) is 17.8. The predicted octanol–water partition coefficient (Wildman–Crippen LogP) is 2.73. The number of nitrogens with zero attached hydrogens (tertiary/aromatic N) is 3. The number of imidazole rings is 1. The number of benzene rings is 1. The zero-order valence-electron chi connectivity index (χ0n) is 15.5. The first-order valence-electron chi connectivity index (χ1n) is 9.75. The van der Waals surface area contributed by atoms with E-state index in [1.165, 1.54) is 37.1 Å². The van der Waals surface area contributed by atoms with Gasteiger partial charge in [0.25, 0.3) is 5.91 Å². The Morgan fingerprint density at radius 3 is 2.50 bits per heavy atom. The minimum Gasteiger partial charge on any atom is -0.348 e. The van der Waals surface area contributed by atoms with Gasteiger partial charge >= 0.3 is 0 Å². The molecule has 1 aromatic carbocycles. The van der Waals surface area contributed by atoms with Crippen LogP contribution in [0.25, 0.3) is 0 Å². The molecule has 1 amide bonds. The highest BCUT2D eigenvalue weighted by atomic mass is 16.2. The van der Waals surface area contributed by atoms with E-state index in [2.05, 4.69) is 51.0 Å². The summed E-state index contributed by atoms with van der Waals surface area (Å²) in [5.74, 6) is 1.12. The first-order chi connectivity index (χ1) is 12.6. The van der Waals surface area contributed by atoms with E-state index in [9.17, 15) is 4.79 Å². The first-order valence-corrected chi connectivity index (χ1v) is 9.75. The summed E-state index contributed by atoms with van der Waals surface area (Å²) in [7, 11) is 0. The fourth-order valence-corrected chi connectivity index (χ4v) is 5.47. The Balaban J connectivity index is 1.53. The lowest BCUT2D eigenvalue weighted by molar-refractivity contribution is -0.00358. The molecule has 4 saturated heterocycles. The van der Waals surface area contributed by atoms with Crippen molar-refractivity contribution in [1.29, 1.82) is 0 Å². The summed E-state index contributed by atoms with van der Waals surface area (Å²) < 4.78 is 0. The standard InChI is InChI=1S/C21H26N4O/c1-13-3-5-15(6-4-13)17-11-25(21(26)18-14(2)22-12-23-18)19-16-7-9-24(10-8-16)20(17)19/h3-6,12,16-17,19-20H,7-11H2,1-2H3,(H,22,23)/t17-,19+,20+/m0/s1. The number of aryl methyl sites for hydroxylation is 2. The molecule has 5 heterocycles. The van der Waals surface area contributed by atoms with Gasteiger partial charge in [-0.05, 0) is 51.3 Å². The number of carbonyl (C=O) groups excluding carboxylic acids is 1. The summed E-state index contributed by atoms with van der Waals surface area (Å²) >= 11 is 0. The molecule has 6 rings (SSSR count). The van der Waals surface area contributed by atoms with Crippen molar-refractivity contribution in [3.63, 3.8) is 0 Å². The molecule has 0 radical (unpaired) electrons. The summed E-state index contributed by atoms with van der Waals surface area (Å²) in [6.45, 7) is 7.22. The van der Waals surface area contributed by atoms with E-state index in [1.54, 1.807) is 6.33 Å². The second-order valence-electron chi connectivity index (χ2n) is 8.21. The van der Waals surface area contributed by atoms with Crippen LogP contribution in [0.2, 0.25) is 0 Å². The van der Waals surface area contributed by atoms with Gasteiger partial charge in [0.05, 0.1) is 12.4 Å². The van der Waals surface area contributed by atoms with E-state index in [-0.39, 0.29) is 5.91 Å². The van der Waals surface area contributed by atoms with Crippen LogP contribution in [0.5, 0.6) is 0 Å². The molecule has 4 aliphatic rings. The third-order valence-electron chi connectivity index (χ3n) is 6.79. The lowest BCUT2D eigenvalue weighted by Gasteiger charge is -2.51. The smallest absolute Gasteiger partial charge is 0.274 e. The molecule has 1 aromatic heterocycles. The largest absolute Gasteiger partial charge is 0.348 e. The summed E-state index contributed by atoms with van der Waals surface area (Å²) in [5.41, 5.74) is 4.11. The van der Waals surface area contributed by atoms with E-state index >= 15 is 0 Å². The van der Waals surface area contributed by atoms with Crippen LogP contribution in [0.3, 0.4) is 0 Å². The summed E-state index contributed by atoms with van der Waals surface area (Å²) in [5, 5.41) is 0. The maximum atomic E-state index is 13.3. The molecule has 1 N–H and O–H groups in total. The summed E-state index contributed by atoms with van der Waals surface area (Å²) in [6.07, 6.45) is 4.06. The van der Waals surface area contributed by atoms with Crippen molar-refractivity contribution in [1.82, 2.24) is 19.8 Å². The number of aromatic amines is 1. The number of fused-ring (bicyclic) bond motifs is 2. The Hall–Kier alpha value is -2.14. The SMILES string of the molecule is Cc1ccc([C@@H]2CN(C(=O)c3nc[nH]c3C)[C@@H]3C4CCN(CC4)[C@@H]32)cc1. The number of carbonyl (C=O) groups is 1. The number of nitrogens with one attached hydrogen (secondary N) is 1. The third kappa shape index (κ3) is 2.33. The lowest BCUT2D eigenvalue weighted by Crippen LogP contribution is -2.60. The maximum Gasteiger partial charge on any atom is 0.274 e. The molecule has 0 unspecified atom stereocenters. The molecule has 2 aromatic rings. The minimum absolute atomic E-state index is 0.0992. The molecular weight excluding hydrogens is 324 g/mol.